The third-order valence-corrected chi connectivity index (χ3v) is 2.57. The van der Waals surface area contributed by atoms with Crippen LogP contribution in [0, 0.1) is 0 Å². The van der Waals surface area contributed by atoms with E-state index in [-0.39, 0.29) is 0 Å². The molecule has 4 nitrogen and oxygen atoms in total. The first-order valence-corrected chi connectivity index (χ1v) is 5.12. The van der Waals surface area contributed by atoms with Crippen molar-refractivity contribution in [2.75, 3.05) is 0 Å². The second-order valence-electron chi connectivity index (χ2n) is 3.77. The molecule has 1 aliphatic rings. The molecule has 96 valence electrons. The highest BCUT2D eigenvalue weighted by molar-refractivity contribution is 5.88. The Kier molecular flexibility index (Phi) is 2.98. The molecule has 0 saturated heterocycles. The summed E-state index contributed by atoms with van der Waals surface area (Å²) in [6, 6.07) is -0.611. The smallest absolute Gasteiger partial charge is 0.433 e. The van der Waals surface area contributed by atoms with Gasteiger partial charge in [0.25, 0.3) is 0 Å². The van der Waals surface area contributed by atoms with Gasteiger partial charge in [-0.3, -0.25) is 4.68 Å². The topological polar surface area (TPSA) is 55.1 Å². The Morgan fingerprint density at radius 1 is 1.44 bits per heavy atom. The molecule has 0 amide bonds. The summed E-state index contributed by atoms with van der Waals surface area (Å²) in [5, 5.41) is 12.3. The van der Waals surface area contributed by atoms with Crippen LogP contribution in [-0.2, 0) is 6.18 Å². The Morgan fingerprint density at radius 3 is 2.67 bits per heavy atom. The lowest BCUT2D eigenvalue weighted by atomic mass is 10.1. The SMILES string of the molecule is O=C(O)c1cnn(C2C=CC=CC2)c1C(F)(F)F. The number of allylic oxidation sites excluding steroid dienone is 4. The molecular formula is C11H9F3N2O2. The third kappa shape index (κ3) is 2.15. The highest BCUT2D eigenvalue weighted by atomic mass is 19.4. The van der Waals surface area contributed by atoms with E-state index in [0.717, 1.165) is 6.20 Å². The third-order valence-electron chi connectivity index (χ3n) is 2.57. The van der Waals surface area contributed by atoms with E-state index in [1.807, 2.05) is 0 Å². The number of halogens is 3. The van der Waals surface area contributed by atoms with Crippen molar-refractivity contribution < 1.29 is 23.1 Å². The summed E-state index contributed by atoms with van der Waals surface area (Å²) in [7, 11) is 0. The zero-order chi connectivity index (χ0) is 13.3. The molecule has 0 aromatic carbocycles. The molecule has 0 radical (unpaired) electrons. The highest BCUT2D eigenvalue weighted by Crippen LogP contribution is 2.35. The number of hydrogen-bond acceptors (Lipinski definition) is 2. The number of carboxylic acids is 1. The van der Waals surface area contributed by atoms with E-state index in [2.05, 4.69) is 5.10 Å². The van der Waals surface area contributed by atoms with Crippen molar-refractivity contribution in [2.45, 2.75) is 18.6 Å². The van der Waals surface area contributed by atoms with E-state index in [1.165, 1.54) is 0 Å². The number of carbonyl (C=O) groups is 1. The average Bonchev–Trinajstić information content (AvgIpc) is 2.74. The van der Waals surface area contributed by atoms with Gasteiger partial charge in [0.15, 0.2) is 5.69 Å². The minimum atomic E-state index is -4.75. The zero-order valence-corrected chi connectivity index (χ0v) is 9.05. The second-order valence-corrected chi connectivity index (χ2v) is 3.77. The molecule has 1 heterocycles. The molecule has 0 spiro atoms. The van der Waals surface area contributed by atoms with Gasteiger partial charge in [-0.1, -0.05) is 24.3 Å². The van der Waals surface area contributed by atoms with Gasteiger partial charge in [0.1, 0.15) is 5.56 Å². The first-order chi connectivity index (χ1) is 8.41. The van der Waals surface area contributed by atoms with Crippen LogP contribution in [-0.4, -0.2) is 20.9 Å². The van der Waals surface area contributed by atoms with E-state index >= 15 is 0 Å². The van der Waals surface area contributed by atoms with Crippen LogP contribution in [0.4, 0.5) is 13.2 Å². The molecule has 0 fully saturated rings. The maximum Gasteiger partial charge on any atom is 0.433 e. The van der Waals surface area contributed by atoms with Crippen LogP contribution in [0.3, 0.4) is 0 Å². The molecule has 1 N–H and O–H groups in total. The van der Waals surface area contributed by atoms with Crippen molar-refractivity contribution in [3.8, 4) is 0 Å². The largest absolute Gasteiger partial charge is 0.478 e. The van der Waals surface area contributed by atoms with E-state index in [0.29, 0.717) is 11.1 Å². The summed E-state index contributed by atoms with van der Waals surface area (Å²) >= 11 is 0. The van der Waals surface area contributed by atoms with Gasteiger partial charge in [-0.25, -0.2) is 4.79 Å². The summed E-state index contributed by atoms with van der Waals surface area (Å²) in [5.74, 6) is -1.64. The van der Waals surface area contributed by atoms with Gasteiger partial charge in [-0.15, -0.1) is 0 Å². The Balaban J connectivity index is 2.51. The van der Waals surface area contributed by atoms with Gasteiger partial charge in [0, 0.05) is 0 Å². The van der Waals surface area contributed by atoms with E-state index in [9.17, 15) is 18.0 Å². The van der Waals surface area contributed by atoms with Gasteiger partial charge in [-0.2, -0.15) is 18.3 Å². The zero-order valence-electron chi connectivity index (χ0n) is 9.05. The molecule has 18 heavy (non-hydrogen) atoms. The Hall–Kier alpha value is -2.05. The monoisotopic (exact) mass is 258 g/mol. The van der Waals surface area contributed by atoms with Gasteiger partial charge < -0.3 is 5.11 Å². The van der Waals surface area contributed by atoms with Crippen LogP contribution >= 0.6 is 0 Å². The van der Waals surface area contributed by atoms with Crippen LogP contribution < -0.4 is 0 Å². The Morgan fingerprint density at radius 2 is 2.17 bits per heavy atom. The molecule has 1 aromatic rings. The Labute approximate surface area is 100 Å². The fraction of sp³-hybridized carbons (Fsp3) is 0.273. The summed E-state index contributed by atoms with van der Waals surface area (Å²) < 4.78 is 39.4. The lowest BCUT2D eigenvalue weighted by Crippen LogP contribution is -2.21. The van der Waals surface area contributed by atoms with Crippen LogP contribution in [0.15, 0.2) is 30.5 Å². The number of carboxylic acid groups (broad SMARTS) is 1. The van der Waals surface area contributed by atoms with Crippen molar-refractivity contribution >= 4 is 5.97 Å². The van der Waals surface area contributed by atoms with Gasteiger partial charge >= 0.3 is 12.1 Å². The van der Waals surface area contributed by atoms with E-state index in [4.69, 9.17) is 5.11 Å². The fourth-order valence-corrected chi connectivity index (χ4v) is 1.80. The van der Waals surface area contributed by atoms with Gasteiger partial charge in [0.2, 0.25) is 0 Å². The van der Waals surface area contributed by atoms with Crippen molar-refractivity contribution in [1.82, 2.24) is 9.78 Å². The number of aromatic carboxylic acids is 1. The number of nitrogens with zero attached hydrogens (tertiary/aromatic N) is 2. The second kappa shape index (κ2) is 4.32. The van der Waals surface area contributed by atoms with Gasteiger partial charge in [-0.05, 0) is 6.42 Å². The molecule has 1 aromatic heterocycles. The van der Waals surface area contributed by atoms with Crippen LogP contribution in [0.5, 0.6) is 0 Å². The maximum atomic E-state index is 12.9. The van der Waals surface area contributed by atoms with Crippen LogP contribution in [0.2, 0.25) is 0 Å². The van der Waals surface area contributed by atoms with E-state index in [1.54, 1.807) is 24.3 Å². The summed E-state index contributed by atoms with van der Waals surface area (Å²) in [6.45, 7) is 0. The van der Waals surface area contributed by atoms with Crippen LogP contribution in [0.1, 0.15) is 28.5 Å². The normalized spacial score (nSPS) is 19.2. The Bertz CT molecular complexity index is 529. The molecule has 1 unspecified atom stereocenters. The molecular weight excluding hydrogens is 249 g/mol. The number of hydrogen-bond donors (Lipinski definition) is 1. The summed E-state index contributed by atoms with van der Waals surface area (Å²) in [5.41, 5.74) is -2.05. The minimum absolute atomic E-state index is 0.348. The average molecular weight is 258 g/mol. The number of aromatic nitrogens is 2. The predicted molar refractivity (Wildman–Crippen MR) is 56.1 cm³/mol. The predicted octanol–water partition coefficient (Wildman–Crippen LogP) is 2.66. The lowest BCUT2D eigenvalue weighted by Gasteiger charge is -2.18. The standard InChI is InChI=1S/C11H9F3N2O2/c12-11(13,14)9-8(10(17)18)6-15-16(9)7-4-2-1-3-5-7/h1-4,6-7H,5H2,(H,17,18). The van der Waals surface area contributed by atoms with Crippen molar-refractivity contribution in [3.63, 3.8) is 0 Å². The molecule has 7 heteroatoms. The van der Waals surface area contributed by atoms with Crippen LogP contribution in [0.25, 0.3) is 0 Å². The molecule has 0 saturated carbocycles. The minimum Gasteiger partial charge on any atom is -0.478 e. The fourth-order valence-electron chi connectivity index (χ4n) is 1.80. The molecule has 1 aliphatic carbocycles. The number of rotatable bonds is 2. The number of alkyl halides is 3. The van der Waals surface area contributed by atoms with Gasteiger partial charge in [0.05, 0.1) is 12.2 Å². The highest BCUT2D eigenvalue weighted by Gasteiger charge is 2.41. The van der Waals surface area contributed by atoms with Crippen molar-refractivity contribution in [3.05, 3.63) is 41.8 Å². The summed E-state index contributed by atoms with van der Waals surface area (Å²) in [4.78, 5) is 10.8. The van der Waals surface area contributed by atoms with Crippen molar-refractivity contribution in [1.29, 1.82) is 0 Å². The quantitative estimate of drug-likeness (QED) is 0.887. The summed E-state index contributed by atoms with van der Waals surface area (Å²) in [6.07, 6.45) is 2.90. The molecule has 0 bridgehead atoms. The lowest BCUT2D eigenvalue weighted by molar-refractivity contribution is -0.145. The van der Waals surface area contributed by atoms with E-state index < -0.39 is 29.4 Å². The maximum absolute atomic E-state index is 12.9. The first kappa shape index (κ1) is 12.4. The molecule has 2 rings (SSSR count). The van der Waals surface area contributed by atoms with Crippen molar-refractivity contribution in [2.24, 2.45) is 0 Å². The molecule has 1 atom stereocenters. The molecule has 0 aliphatic heterocycles. The first-order valence-electron chi connectivity index (χ1n) is 5.12.